The van der Waals surface area contributed by atoms with Gasteiger partial charge in [0.05, 0.1) is 6.07 Å². The number of halogens is 1. The molecule has 1 N–H and O–H groups in total. The Bertz CT molecular complexity index is 1050. The number of carbonyl (C=O) groups excluding carboxylic acids is 1. The number of amidine groups is 1. The molecule has 29 heavy (non-hydrogen) atoms. The van der Waals surface area contributed by atoms with Crippen molar-refractivity contribution in [3.8, 4) is 6.07 Å². The molecule has 4 rings (SSSR count). The van der Waals surface area contributed by atoms with Crippen molar-refractivity contribution in [3.05, 3.63) is 75.9 Å². The monoisotopic (exact) mass is 447 g/mol. The van der Waals surface area contributed by atoms with Crippen molar-refractivity contribution in [2.24, 2.45) is 11.3 Å². The molecule has 0 amide bonds. The summed E-state index contributed by atoms with van der Waals surface area (Å²) in [4.78, 5) is 15.2. The molecule has 0 saturated carbocycles. The molecule has 5 heteroatoms. The zero-order valence-corrected chi connectivity index (χ0v) is 18.0. The van der Waals surface area contributed by atoms with Crippen LogP contribution in [0.25, 0.3) is 0 Å². The van der Waals surface area contributed by atoms with E-state index in [0.717, 1.165) is 21.4 Å². The third-order valence-electron chi connectivity index (χ3n) is 5.73. The first-order chi connectivity index (χ1) is 13.8. The molecule has 0 saturated heterocycles. The van der Waals surface area contributed by atoms with Gasteiger partial charge in [-0.05, 0) is 41.7 Å². The van der Waals surface area contributed by atoms with Crippen LogP contribution in [-0.2, 0) is 4.79 Å². The maximum Gasteiger partial charge on any atom is 0.161 e. The predicted molar refractivity (Wildman–Crippen MR) is 118 cm³/mol. The molecule has 1 aliphatic carbocycles. The number of ketones is 1. The molecular weight excluding hydrogens is 426 g/mol. The molecule has 0 spiro atoms. The predicted octanol–water partition coefficient (Wildman–Crippen LogP) is 5.81. The van der Waals surface area contributed by atoms with Crippen LogP contribution in [0.3, 0.4) is 0 Å². The highest BCUT2D eigenvalue weighted by molar-refractivity contribution is 9.10. The van der Waals surface area contributed by atoms with E-state index < -0.39 is 11.8 Å². The minimum absolute atomic E-state index is 0.0813. The van der Waals surface area contributed by atoms with Gasteiger partial charge in [-0.15, -0.1) is 0 Å². The van der Waals surface area contributed by atoms with E-state index in [1.165, 1.54) is 0 Å². The summed E-state index contributed by atoms with van der Waals surface area (Å²) < 4.78 is 0.942. The Hall–Kier alpha value is -2.71. The van der Waals surface area contributed by atoms with Gasteiger partial charge >= 0.3 is 0 Å². The highest BCUT2D eigenvalue weighted by Gasteiger charge is 2.47. The first kappa shape index (κ1) is 19.6. The summed E-state index contributed by atoms with van der Waals surface area (Å²) >= 11 is 3.45. The number of carbonyl (C=O) groups is 1. The Morgan fingerprint density at radius 3 is 2.38 bits per heavy atom. The Morgan fingerprint density at radius 2 is 1.76 bits per heavy atom. The molecule has 1 aliphatic heterocycles. The average Bonchev–Trinajstić information content (AvgIpc) is 2.67. The second kappa shape index (κ2) is 7.27. The summed E-state index contributed by atoms with van der Waals surface area (Å²) in [6.07, 6.45) is 1.14. The van der Waals surface area contributed by atoms with Crippen LogP contribution in [0.4, 0.5) is 5.69 Å². The van der Waals surface area contributed by atoms with Gasteiger partial charge in [-0.3, -0.25) is 10.2 Å². The quantitative estimate of drug-likeness (QED) is 0.630. The standard InChI is InChI=1S/C24H22BrN3O/c1-24(2)12-19-22(20(29)13-24)21(15-8-10-16(25)11-9-15)18(14-26)23(27)28(19)17-6-4-3-5-7-17/h3-11,18,21,27H,12-13H2,1-2H3. The van der Waals surface area contributed by atoms with Crippen LogP contribution in [0.5, 0.6) is 0 Å². The van der Waals surface area contributed by atoms with Crippen LogP contribution in [0, 0.1) is 28.1 Å². The van der Waals surface area contributed by atoms with Crippen LogP contribution < -0.4 is 4.90 Å². The number of rotatable bonds is 2. The van der Waals surface area contributed by atoms with Crippen LogP contribution in [-0.4, -0.2) is 11.6 Å². The van der Waals surface area contributed by atoms with Crippen LogP contribution in [0.2, 0.25) is 0 Å². The van der Waals surface area contributed by atoms with Gasteiger partial charge in [0.25, 0.3) is 0 Å². The fourth-order valence-electron chi connectivity index (χ4n) is 4.50. The van der Waals surface area contributed by atoms with E-state index in [0.29, 0.717) is 18.4 Å². The largest absolute Gasteiger partial charge is 0.301 e. The van der Waals surface area contributed by atoms with Crippen molar-refractivity contribution in [2.75, 3.05) is 4.90 Å². The second-order valence-corrected chi connectivity index (χ2v) is 9.41. The molecule has 2 aliphatic rings. The lowest BCUT2D eigenvalue weighted by molar-refractivity contribution is -0.118. The Kier molecular flexibility index (Phi) is 4.92. The summed E-state index contributed by atoms with van der Waals surface area (Å²) in [6.45, 7) is 4.18. The number of Topliss-reactive ketones (excluding diaryl/α,β-unsaturated/α-hetero) is 1. The molecule has 2 atom stereocenters. The minimum atomic E-state index is -0.722. The van der Waals surface area contributed by atoms with E-state index >= 15 is 0 Å². The molecule has 0 bridgehead atoms. The fourth-order valence-corrected chi connectivity index (χ4v) is 4.76. The first-order valence-corrected chi connectivity index (χ1v) is 10.5. The lowest BCUT2D eigenvalue weighted by Gasteiger charge is -2.45. The molecule has 0 radical (unpaired) electrons. The fraction of sp³-hybridized carbons (Fsp3) is 0.292. The van der Waals surface area contributed by atoms with E-state index in [2.05, 4.69) is 35.8 Å². The zero-order valence-electron chi connectivity index (χ0n) is 16.4. The topological polar surface area (TPSA) is 68.0 Å². The van der Waals surface area contributed by atoms with E-state index in [1.807, 2.05) is 59.5 Å². The Labute approximate surface area is 179 Å². The van der Waals surface area contributed by atoms with Crippen molar-refractivity contribution in [3.63, 3.8) is 0 Å². The summed E-state index contributed by atoms with van der Waals surface area (Å²) in [5.41, 5.74) is 3.09. The Morgan fingerprint density at radius 1 is 1.10 bits per heavy atom. The number of para-hydroxylation sites is 1. The summed E-state index contributed by atoms with van der Waals surface area (Å²) in [7, 11) is 0. The summed E-state index contributed by atoms with van der Waals surface area (Å²) in [5.74, 6) is -0.826. The highest BCUT2D eigenvalue weighted by Crippen LogP contribution is 2.50. The van der Waals surface area contributed by atoms with Gasteiger partial charge in [0.1, 0.15) is 11.8 Å². The SMILES string of the molecule is CC1(C)CC(=O)C2=C(C1)N(c1ccccc1)C(=N)C(C#N)C2c1ccc(Br)cc1. The number of nitriles is 1. The molecule has 146 valence electrons. The molecule has 1 heterocycles. The van der Waals surface area contributed by atoms with Gasteiger partial charge in [0.15, 0.2) is 5.78 Å². The summed E-state index contributed by atoms with van der Waals surface area (Å²) in [5, 5.41) is 19.0. The third kappa shape index (κ3) is 3.42. The lowest BCUT2D eigenvalue weighted by atomic mass is 9.66. The van der Waals surface area contributed by atoms with E-state index in [1.54, 1.807) is 0 Å². The average molecular weight is 448 g/mol. The molecule has 2 unspecified atom stereocenters. The van der Waals surface area contributed by atoms with Gasteiger partial charge in [0, 0.05) is 33.8 Å². The molecule has 4 nitrogen and oxygen atoms in total. The van der Waals surface area contributed by atoms with Gasteiger partial charge in [-0.1, -0.05) is 60.1 Å². The smallest absolute Gasteiger partial charge is 0.161 e. The number of hydrogen-bond acceptors (Lipinski definition) is 3. The van der Waals surface area contributed by atoms with Crippen molar-refractivity contribution in [2.45, 2.75) is 32.6 Å². The number of allylic oxidation sites excluding steroid dienone is 2. The number of benzene rings is 2. The van der Waals surface area contributed by atoms with Gasteiger partial charge < -0.3 is 4.90 Å². The lowest BCUT2D eigenvalue weighted by Crippen LogP contribution is -2.48. The molecule has 2 aromatic carbocycles. The normalized spacial score (nSPS) is 23.6. The third-order valence-corrected chi connectivity index (χ3v) is 6.26. The Balaban J connectivity index is 1.98. The van der Waals surface area contributed by atoms with E-state index in [4.69, 9.17) is 5.41 Å². The molecule has 0 aromatic heterocycles. The molecule has 2 aromatic rings. The van der Waals surface area contributed by atoms with E-state index in [-0.39, 0.29) is 17.0 Å². The van der Waals surface area contributed by atoms with Crippen LogP contribution >= 0.6 is 15.9 Å². The molecule has 0 fully saturated rings. The summed E-state index contributed by atoms with van der Waals surface area (Å²) in [6, 6.07) is 19.7. The molecular formula is C24H22BrN3O. The van der Waals surface area contributed by atoms with Crippen molar-refractivity contribution < 1.29 is 4.79 Å². The van der Waals surface area contributed by atoms with Crippen molar-refractivity contribution in [1.82, 2.24) is 0 Å². The number of anilines is 1. The number of nitrogens with one attached hydrogen (secondary N) is 1. The van der Waals surface area contributed by atoms with Gasteiger partial charge in [0.2, 0.25) is 0 Å². The maximum absolute atomic E-state index is 13.4. The minimum Gasteiger partial charge on any atom is -0.301 e. The first-order valence-electron chi connectivity index (χ1n) is 9.67. The van der Waals surface area contributed by atoms with E-state index in [9.17, 15) is 10.1 Å². The van der Waals surface area contributed by atoms with Crippen molar-refractivity contribution >= 4 is 33.2 Å². The van der Waals surface area contributed by atoms with Gasteiger partial charge in [-0.2, -0.15) is 5.26 Å². The number of hydrogen-bond donors (Lipinski definition) is 1. The van der Waals surface area contributed by atoms with Crippen LogP contribution in [0.1, 0.15) is 38.2 Å². The maximum atomic E-state index is 13.4. The van der Waals surface area contributed by atoms with Crippen LogP contribution in [0.15, 0.2) is 70.3 Å². The zero-order chi connectivity index (χ0) is 20.8. The van der Waals surface area contributed by atoms with Gasteiger partial charge in [-0.25, -0.2) is 0 Å². The van der Waals surface area contributed by atoms with Crippen molar-refractivity contribution in [1.29, 1.82) is 10.7 Å². The highest BCUT2D eigenvalue weighted by atomic mass is 79.9. The number of nitrogens with zero attached hydrogens (tertiary/aromatic N) is 2. The second-order valence-electron chi connectivity index (χ2n) is 8.49.